The maximum absolute atomic E-state index is 12.5. The molecule has 2 amide bonds. The van der Waals surface area contributed by atoms with Gasteiger partial charge in [-0.05, 0) is 0 Å². The number of amides is 2. The third kappa shape index (κ3) is 3.90. The van der Waals surface area contributed by atoms with E-state index in [4.69, 9.17) is 55.6 Å². The molecule has 0 saturated heterocycles. The van der Waals surface area contributed by atoms with Crippen molar-refractivity contribution in [2.24, 2.45) is 0 Å². The van der Waals surface area contributed by atoms with Gasteiger partial charge in [0.1, 0.15) is 6.61 Å². The summed E-state index contributed by atoms with van der Waals surface area (Å²) in [6.07, 6.45) is 3.05. The van der Waals surface area contributed by atoms with E-state index in [1.54, 1.807) is 18.2 Å². The van der Waals surface area contributed by atoms with Gasteiger partial charge in [-0.2, -0.15) is 0 Å². The van der Waals surface area contributed by atoms with Crippen molar-refractivity contribution < 1.29 is 28.0 Å². The Morgan fingerprint density at radius 1 is 0.889 bits per heavy atom. The van der Waals surface area contributed by atoms with E-state index in [0.29, 0.717) is 0 Å². The summed E-state index contributed by atoms with van der Waals surface area (Å²) in [5, 5.41) is -0.536. The average Bonchev–Trinajstić information content (AvgIpc) is 2.90. The fourth-order valence-electron chi connectivity index (χ4n) is 2.34. The molecule has 0 fully saturated rings. The predicted molar refractivity (Wildman–Crippen MR) is 98.6 cm³/mol. The Labute approximate surface area is 174 Å². The van der Waals surface area contributed by atoms with Crippen LogP contribution in [0.25, 0.3) is 0 Å². The first kappa shape index (κ1) is 20.3. The van der Waals surface area contributed by atoms with Gasteiger partial charge in [0.15, 0.2) is 0 Å². The van der Waals surface area contributed by atoms with Gasteiger partial charge in [-0.15, -0.1) is 4.52 Å². The quantitative estimate of drug-likeness (QED) is 0.210. The number of pyridine rings is 1. The maximum Gasteiger partial charge on any atom is 0.814 e. The molecule has 1 aliphatic heterocycles. The second-order valence-corrected chi connectivity index (χ2v) is 7.52. The molecule has 2 aromatic rings. The zero-order valence-corrected chi connectivity index (χ0v) is 17.1. The molecule has 1 aliphatic rings. The number of halogens is 4. The van der Waals surface area contributed by atoms with E-state index in [9.17, 15) is 14.2 Å². The van der Waals surface area contributed by atoms with Crippen LogP contribution in [-0.2, 0) is 9.09 Å². The van der Waals surface area contributed by atoms with Crippen molar-refractivity contribution in [1.29, 1.82) is 0 Å². The van der Waals surface area contributed by atoms with E-state index in [0.717, 1.165) is 4.90 Å². The summed E-state index contributed by atoms with van der Waals surface area (Å²) in [5.74, 6) is -1.39. The van der Waals surface area contributed by atoms with Crippen LogP contribution >= 0.6 is 54.7 Å². The van der Waals surface area contributed by atoms with Crippen molar-refractivity contribution in [2.75, 3.05) is 13.2 Å². The molecule has 3 rings (SSSR count). The van der Waals surface area contributed by atoms with E-state index < -0.39 is 20.1 Å². The summed E-state index contributed by atoms with van der Waals surface area (Å²) >= 11 is 24.0. The molecule has 1 atom stereocenters. The highest BCUT2D eigenvalue weighted by Gasteiger charge is 2.42. The monoisotopic (exact) mass is 468 g/mol. The first-order chi connectivity index (χ1) is 12.8. The van der Waals surface area contributed by atoms with Crippen molar-refractivity contribution in [1.82, 2.24) is 4.90 Å². The molecule has 0 aliphatic carbocycles. The lowest BCUT2D eigenvalue weighted by Crippen LogP contribution is -2.38. The lowest BCUT2D eigenvalue weighted by molar-refractivity contribution is -0.858. The minimum Gasteiger partial charge on any atom is -0.272 e. The summed E-state index contributed by atoms with van der Waals surface area (Å²) in [6, 6.07) is 5.10. The molecule has 1 aromatic heterocycles. The Morgan fingerprint density at radius 3 is 1.93 bits per heavy atom. The number of carbonyl (C=O) groups excluding carboxylic acids is 2. The van der Waals surface area contributed by atoms with Crippen LogP contribution < -0.4 is 9.35 Å². The maximum atomic E-state index is 12.5. The molecule has 27 heavy (non-hydrogen) atoms. The van der Waals surface area contributed by atoms with Crippen LogP contribution in [0, 0.1) is 0 Å². The SMILES string of the molecule is O=C1c2c(Cl)c(Cl)c(Cl)c(Cl)c2C(=O)N1CCO[P+](=O)O[n+]1ccccc1. The zero-order chi connectivity index (χ0) is 19.7. The summed E-state index contributed by atoms with van der Waals surface area (Å²) in [4.78, 5) is 25.9. The number of imide groups is 1. The molecule has 0 radical (unpaired) electrons. The van der Waals surface area contributed by atoms with Gasteiger partial charge >= 0.3 is 8.25 Å². The third-order valence-electron chi connectivity index (χ3n) is 3.55. The lowest BCUT2D eigenvalue weighted by atomic mass is 10.1. The van der Waals surface area contributed by atoms with Crippen molar-refractivity contribution >= 4 is 66.5 Å². The lowest BCUT2D eigenvalue weighted by Gasteiger charge is -2.10. The third-order valence-corrected chi connectivity index (χ3v) is 6.06. The van der Waals surface area contributed by atoms with Crippen molar-refractivity contribution in [2.45, 2.75) is 0 Å². The van der Waals surface area contributed by atoms with Crippen LogP contribution in [0.3, 0.4) is 0 Å². The number of fused-ring (bicyclic) bond motifs is 1. The molecule has 0 spiro atoms. The molecule has 0 bridgehead atoms. The first-order valence-corrected chi connectivity index (χ1v) is 9.90. The van der Waals surface area contributed by atoms with Crippen molar-refractivity contribution in [3.63, 3.8) is 0 Å². The average molecular weight is 470 g/mol. The van der Waals surface area contributed by atoms with Gasteiger partial charge in [0.25, 0.3) is 11.8 Å². The summed E-state index contributed by atoms with van der Waals surface area (Å²) in [6.45, 7) is -0.428. The second-order valence-electron chi connectivity index (χ2n) is 5.14. The van der Waals surface area contributed by atoms with E-state index >= 15 is 0 Å². The van der Waals surface area contributed by atoms with E-state index in [2.05, 4.69) is 0 Å². The Morgan fingerprint density at radius 2 is 1.41 bits per heavy atom. The summed E-state index contributed by atoms with van der Waals surface area (Å²) in [5.41, 5.74) is -0.247. The number of hydrogen-bond donors (Lipinski definition) is 0. The molecule has 12 heteroatoms. The van der Waals surface area contributed by atoms with Crippen LogP contribution in [0.5, 0.6) is 0 Å². The fourth-order valence-corrected chi connectivity index (χ4v) is 3.90. The van der Waals surface area contributed by atoms with Gasteiger partial charge in [0, 0.05) is 21.3 Å². The van der Waals surface area contributed by atoms with Gasteiger partial charge in [-0.25, -0.2) is 0 Å². The Hall–Kier alpha value is -1.47. The van der Waals surface area contributed by atoms with Crippen LogP contribution in [0.4, 0.5) is 0 Å². The smallest absolute Gasteiger partial charge is 0.272 e. The largest absolute Gasteiger partial charge is 0.814 e. The van der Waals surface area contributed by atoms with Crippen LogP contribution in [0.1, 0.15) is 20.7 Å². The highest BCUT2D eigenvalue weighted by molar-refractivity contribution is 7.33. The summed E-state index contributed by atoms with van der Waals surface area (Å²) < 4.78 is 23.0. The van der Waals surface area contributed by atoms with Crippen molar-refractivity contribution in [3.05, 3.63) is 61.8 Å². The van der Waals surface area contributed by atoms with Gasteiger partial charge < -0.3 is 0 Å². The van der Waals surface area contributed by atoms with E-state index in [-0.39, 0.29) is 44.4 Å². The molecule has 1 aromatic carbocycles. The molecule has 2 heterocycles. The van der Waals surface area contributed by atoms with Gasteiger partial charge in [-0.1, -0.05) is 52.5 Å². The van der Waals surface area contributed by atoms with Crippen LogP contribution in [-0.4, -0.2) is 29.9 Å². The van der Waals surface area contributed by atoms with Gasteiger partial charge in [0.2, 0.25) is 12.4 Å². The predicted octanol–water partition coefficient (Wildman–Crippen LogP) is 3.99. The molecular weight excluding hydrogens is 461 g/mol. The fraction of sp³-hybridized carbons (Fsp3) is 0.133. The highest BCUT2D eigenvalue weighted by atomic mass is 35.5. The number of nitrogens with zero attached hydrogens (tertiary/aromatic N) is 2. The molecule has 0 saturated carbocycles. The standard InChI is InChI=1S/C15H9Cl4N2O5P/c16-10-8-9(11(17)13(19)12(10)18)15(23)21(14(8)22)6-7-25-27(24)26-20-4-2-1-3-5-20/h1-5H,6-7H2/q+2. The number of carbonyl (C=O) groups is 2. The van der Waals surface area contributed by atoms with E-state index in [1.165, 1.54) is 17.1 Å². The van der Waals surface area contributed by atoms with E-state index in [1.807, 2.05) is 0 Å². The number of rotatable bonds is 6. The van der Waals surface area contributed by atoms with Gasteiger partial charge in [-0.3, -0.25) is 14.5 Å². The zero-order valence-electron chi connectivity index (χ0n) is 13.2. The minimum absolute atomic E-state index is 0.113. The molecule has 140 valence electrons. The second kappa shape index (κ2) is 8.27. The summed E-state index contributed by atoms with van der Waals surface area (Å²) in [7, 11) is -2.52. The number of benzene rings is 1. The number of hydrogen-bond acceptors (Lipinski definition) is 5. The minimum atomic E-state index is -2.52. The molecular formula is C15H9Cl4N2O5P+2. The normalized spacial score (nSPS) is 13.8. The Bertz CT molecular complexity index is 910. The molecule has 1 unspecified atom stereocenters. The topological polar surface area (TPSA) is 76.8 Å². The molecule has 7 nitrogen and oxygen atoms in total. The Kier molecular flexibility index (Phi) is 6.21. The number of aromatic nitrogens is 1. The van der Waals surface area contributed by atoms with Crippen molar-refractivity contribution in [3.8, 4) is 0 Å². The van der Waals surface area contributed by atoms with Gasteiger partial charge in [0.05, 0.1) is 42.5 Å². The molecule has 0 N–H and O–H groups in total. The van der Waals surface area contributed by atoms with Crippen LogP contribution in [0.15, 0.2) is 30.6 Å². The Balaban J connectivity index is 1.68. The highest BCUT2D eigenvalue weighted by Crippen LogP contribution is 2.44. The first-order valence-electron chi connectivity index (χ1n) is 7.30. The van der Waals surface area contributed by atoms with Crippen LogP contribution in [0.2, 0.25) is 20.1 Å².